The molecule has 6 heteroatoms. The number of hydrogen-bond donors (Lipinski definition) is 2. The van der Waals surface area contributed by atoms with E-state index in [1.165, 1.54) is 6.33 Å². The molecule has 0 aliphatic rings. The largest absolute Gasteiger partial charge is 0.481 e. The van der Waals surface area contributed by atoms with E-state index in [1.807, 2.05) is 0 Å². The first-order chi connectivity index (χ1) is 7.38. The molecule has 15 heavy (non-hydrogen) atoms. The van der Waals surface area contributed by atoms with Gasteiger partial charge in [0.25, 0.3) is 0 Å². The van der Waals surface area contributed by atoms with Crippen LogP contribution in [0.2, 0.25) is 0 Å². The highest BCUT2D eigenvalue weighted by Gasteiger charge is 1.98. The summed E-state index contributed by atoms with van der Waals surface area (Å²) in [6.07, 6.45) is 4.84. The van der Waals surface area contributed by atoms with Crippen molar-refractivity contribution in [3.05, 3.63) is 30.6 Å². The lowest BCUT2D eigenvalue weighted by atomic mass is 10.4. The Labute approximate surface area is 86.7 Å². The summed E-state index contributed by atoms with van der Waals surface area (Å²) in [6, 6.07) is 1.73. The van der Waals surface area contributed by atoms with Gasteiger partial charge in [0.05, 0.1) is 25.7 Å². The summed E-state index contributed by atoms with van der Waals surface area (Å²) in [4.78, 5) is 14.9. The van der Waals surface area contributed by atoms with Crippen molar-refractivity contribution in [3.63, 3.8) is 0 Å². The third kappa shape index (κ3) is 2.43. The quantitative estimate of drug-likeness (QED) is 0.772. The Hall–Kier alpha value is -2.11. The lowest BCUT2D eigenvalue weighted by Gasteiger charge is -2.04. The van der Waals surface area contributed by atoms with Gasteiger partial charge in [0, 0.05) is 12.3 Å². The Bertz CT molecular complexity index is 414. The highest BCUT2D eigenvalue weighted by Crippen LogP contribution is 2.10. The molecule has 78 valence electrons. The Balaban J connectivity index is 1.98. The van der Waals surface area contributed by atoms with Crippen LogP contribution in [0.25, 0.3) is 0 Å². The lowest BCUT2D eigenvalue weighted by Crippen LogP contribution is -2.02. The summed E-state index contributed by atoms with van der Waals surface area (Å²) < 4.78 is 4.98. The number of imidazole rings is 1. The fourth-order valence-corrected chi connectivity index (χ4v) is 1.11. The number of aromatic amines is 1. The van der Waals surface area contributed by atoms with E-state index in [0.717, 1.165) is 11.5 Å². The summed E-state index contributed by atoms with van der Waals surface area (Å²) in [7, 11) is 1.57. The molecule has 2 heterocycles. The first-order valence-electron chi connectivity index (χ1n) is 4.45. The maximum atomic E-state index is 4.98. The predicted octanol–water partition coefficient (Wildman–Crippen LogP) is 0.820. The highest BCUT2D eigenvalue weighted by molar-refractivity contribution is 5.37. The van der Waals surface area contributed by atoms with Gasteiger partial charge in [-0.2, -0.15) is 0 Å². The molecule has 0 aromatic carbocycles. The minimum Gasteiger partial charge on any atom is -0.481 e. The molecule has 0 aliphatic heterocycles. The Kier molecular flexibility index (Phi) is 2.77. The van der Waals surface area contributed by atoms with E-state index in [2.05, 4.69) is 25.3 Å². The normalized spacial score (nSPS) is 9.93. The van der Waals surface area contributed by atoms with Crippen molar-refractivity contribution < 1.29 is 4.74 Å². The Morgan fingerprint density at radius 2 is 2.40 bits per heavy atom. The van der Waals surface area contributed by atoms with Gasteiger partial charge in [-0.1, -0.05) is 0 Å². The molecule has 2 aromatic heterocycles. The summed E-state index contributed by atoms with van der Waals surface area (Å²) in [5, 5.41) is 3.12. The smallest absolute Gasteiger partial charge is 0.218 e. The molecular weight excluding hydrogens is 194 g/mol. The van der Waals surface area contributed by atoms with Crippen molar-refractivity contribution in [2.24, 2.45) is 0 Å². The van der Waals surface area contributed by atoms with E-state index in [4.69, 9.17) is 4.74 Å². The number of H-pyrrole nitrogens is 1. The molecule has 0 spiro atoms. The molecule has 0 fully saturated rings. The van der Waals surface area contributed by atoms with Gasteiger partial charge in [-0.3, -0.25) is 0 Å². The number of anilines is 1. The molecule has 6 nitrogen and oxygen atoms in total. The van der Waals surface area contributed by atoms with Crippen molar-refractivity contribution in [3.8, 4) is 5.88 Å². The number of ether oxygens (including phenoxy) is 1. The molecular formula is C9H11N5O. The van der Waals surface area contributed by atoms with Gasteiger partial charge in [-0.05, 0) is 0 Å². The third-order valence-corrected chi connectivity index (χ3v) is 1.87. The number of rotatable bonds is 4. The number of nitrogens with zero attached hydrogens (tertiary/aromatic N) is 3. The van der Waals surface area contributed by atoms with Crippen LogP contribution in [0.4, 0.5) is 5.82 Å². The summed E-state index contributed by atoms with van der Waals surface area (Å²) >= 11 is 0. The molecule has 0 unspecified atom stereocenters. The Morgan fingerprint density at radius 3 is 3.13 bits per heavy atom. The van der Waals surface area contributed by atoms with Crippen LogP contribution < -0.4 is 10.1 Å². The molecule has 0 aliphatic carbocycles. The number of hydrogen-bond acceptors (Lipinski definition) is 5. The molecule has 2 aromatic rings. The van der Waals surface area contributed by atoms with E-state index < -0.39 is 0 Å². The van der Waals surface area contributed by atoms with E-state index >= 15 is 0 Å². The fraction of sp³-hybridized carbons (Fsp3) is 0.222. The van der Waals surface area contributed by atoms with Crippen molar-refractivity contribution in [1.82, 2.24) is 19.9 Å². The van der Waals surface area contributed by atoms with E-state index in [-0.39, 0.29) is 0 Å². The second-order valence-electron chi connectivity index (χ2n) is 2.88. The minimum atomic E-state index is 0.539. The summed E-state index contributed by atoms with van der Waals surface area (Å²) in [5.41, 5.74) is 0.993. The van der Waals surface area contributed by atoms with Crippen molar-refractivity contribution in [2.45, 2.75) is 6.54 Å². The number of nitrogens with one attached hydrogen (secondary N) is 2. The zero-order valence-corrected chi connectivity index (χ0v) is 8.27. The van der Waals surface area contributed by atoms with Crippen molar-refractivity contribution >= 4 is 5.82 Å². The molecule has 0 amide bonds. The SMILES string of the molecule is COc1cc(NCc2cnc[nH]2)ncn1. The molecule has 0 atom stereocenters. The van der Waals surface area contributed by atoms with Crippen LogP contribution in [0.15, 0.2) is 24.9 Å². The average Bonchev–Trinajstić information content (AvgIpc) is 2.79. The summed E-state index contributed by atoms with van der Waals surface area (Å²) in [6.45, 7) is 0.639. The topological polar surface area (TPSA) is 75.7 Å². The molecule has 0 radical (unpaired) electrons. The van der Waals surface area contributed by atoms with Crippen LogP contribution in [-0.4, -0.2) is 27.0 Å². The second-order valence-corrected chi connectivity index (χ2v) is 2.88. The minimum absolute atomic E-state index is 0.539. The first kappa shape index (κ1) is 9.45. The van der Waals surface area contributed by atoms with Crippen molar-refractivity contribution in [1.29, 1.82) is 0 Å². The zero-order valence-electron chi connectivity index (χ0n) is 8.27. The lowest BCUT2D eigenvalue weighted by molar-refractivity contribution is 0.397. The van der Waals surface area contributed by atoms with Crippen LogP contribution in [-0.2, 0) is 6.54 Å². The van der Waals surface area contributed by atoms with Gasteiger partial charge in [0.1, 0.15) is 12.1 Å². The van der Waals surface area contributed by atoms with Gasteiger partial charge in [-0.15, -0.1) is 0 Å². The van der Waals surface area contributed by atoms with Crippen LogP contribution in [0.3, 0.4) is 0 Å². The van der Waals surface area contributed by atoms with Gasteiger partial charge in [-0.25, -0.2) is 15.0 Å². The maximum absolute atomic E-state index is 4.98. The monoisotopic (exact) mass is 205 g/mol. The van der Waals surface area contributed by atoms with E-state index in [9.17, 15) is 0 Å². The highest BCUT2D eigenvalue weighted by atomic mass is 16.5. The second kappa shape index (κ2) is 4.41. The van der Waals surface area contributed by atoms with Crippen LogP contribution >= 0.6 is 0 Å². The first-order valence-corrected chi connectivity index (χ1v) is 4.45. The van der Waals surface area contributed by atoms with Crippen LogP contribution in [0.5, 0.6) is 5.88 Å². The van der Waals surface area contributed by atoms with Crippen molar-refractivity contribution in [2.75, 3.05) is 12.4 Å². The molecule has 0 saturated carbocycles. The average molecular weight is 205 g/mol. The maximum Gasteiger partial charge on any atom is 0.218 e. The van der Waals surface area contributed by atoms with Crippen LogP contribution in [0.1, 0.15) is 5.69 Å². The van der Waals surface area contributed by atoms with Gasteiger partial charge in [0.15, 0.2) is 0 Å². The standard InChI is InChI=1S/C9H11N5O/c1-15-9-2-8(13-6-14-9)11-4-7-3-10-5-12-7/h2-3,5-6H,4H2,1H3,(H,10,12)(H,11,13,14). The fourth-order valence-electron chi connectivity index (χ4n) is 1.11. The molecule has 0 bridgehead atoms. The van der Waals surface area contributed by atoms with Gasteiger partial charge in [0.2, 0.25) is 5.88 Å². The number of aromatic nitrogens is 4. The number of methoxy groups -OCH3 is 1. The van der Waals surface area contributed by atoms with Crippen LogP contribution in [0, 0.1) is 0 Å². The molecule has 2 N–H and O–H groups in total. The molecule has 2 rings (SSSR count). The molecule has 0 saturated heterocycles. The summed E-state index contributed by atoms with van der Waals surface area (Å²) in [5.74, 6) is 1.26. The third-order valence-electron chi connectivity index (χ3n) is 1.87. The predicted molar refractivity (Wildman–Crippen MR) is 54.5 cm³/mol. The zero-order chi connectivity index (χ0) is 10.5. The van der Waals surface area contributed by atoms with E-state index in [1.54, 1.807) is 25.7 Å². The van der Waals surface area contributed by atoms with E-state index in [0.29, 0.717) is 12.4 Å². The Morgan fingerprint density at radius 1 is 1.47 bits per heavy atom. The van der Waals surface area contributed by atoms with Gasteiger partial charge >= 0.3 is 0 Å². The van der Waals surface area contributed by atoms with Gasteiger partial charge < -0.3 is 15.0 Å².